The fraction of sp³-hybridized carbons (Fsp3) is 0.476. The van der Waals surface area contributed by atoms with Gasteiger partial charge in [-0.1, -0.05) is 74.5 Å². The average Bonchev–Trinajstić information content (AvgIpc) is 2.51. The SMILES string of the molecule is CC1(C)C=C(CCCCC(C)(C)C(=O)O)SC(c2ccccc2)=C1. The summed E-state index contributed by atoms with van der Waals surface area (Å²) < 4.78 is 0. The first-order valence-electron chi connectivity index (χ1n) is 8.61. The standard InChI is InChI=1S/C21H28O2S/c1-20(2)14-17(12-8-9-13-21(3,4)19(22)23)24-18(15-20)16-10-6-5-7-11-16/h5-7,10-11,14-15H,8-9,12-13H2,1-4H3,(H,22,23). The van der Waals surface area contributed by atoms with Gasteiger partial charge in [0.1, 0.15) is 0 Å². The maximum Gasteiger partial charge on any atom is 0.309 e. The molecule has 0 atom stereocenters. The Kier molecular flexibility index (Phi) is 5.97. The quantitative estimate of drug-likeness (QED) is 0.585. The molecule has 0 bridgehead atoms. The van der Waals surface area contributed by atoms with Crippen molar-refractivity contribution in [2.24, 2.45) is 10.8 Å². The minimum Gasteiger partial charge on any atom is -0.481 e. The van der Waals surface area contributed by atoms with Crippen molar-refractivity contribution < 1.29 is 9.90 Å². The molecule has 2 nitrogen and oxygen atoms in total. The molecule has 0 fully saturated rings. The highest BCUT2D eigenvalue weighted by Gasteiger charge is 2.26. The van der Waals surface area contributed by atoms with Crippen LogP contribution in [0.5, 0.6) is 0 Å². The highest BCUT2D eigenvalue weighted by Crippen LogP contribution is 2.45. The topological polar surface area (TPSA) is 37.3 Å². The van der Waals surface area contributed by atoms with Crippen LogP contribution in [-0.2, 0) is 4.79 Å². The van der Waals surface area contributed by atoms with E-state index < -0.39 is 11.4 Å². The van der Waals surface area contributed by atoms with Crippen LogP contribution in [-0.4, -0.2) is 11.1 Å². The van der Waals surface area contributed by atoms with Gasteiger partial charge in [-0.15, -0.1) is 0 Å². The molecule has 0 radical (unpaired) electrons. The summed E-state index contributed by atoms with van der Waals surface area (Å²) in [4.78, 5) is 13.9. The molecule has 1 aliphatic rings. The third kappa shape index (κ3) is 5.27. The monoisotopic (exact) mass is 344 g/mol. The Morgan fingerprint density at radius 2 is 1.79 bits per heavy atom. The van der Waals surface area contributed by atoms with Crippen LogP contribution in [0.3, 0.4) is 0 Å². The van der Waals surface area contributed by atoms with Crippen molar-refractivity contribution in [2.45, 2.75) is 53.4 Å². The molecule has 0 aliphatic carbocycles. The molecule has 2 rings (SSSR count). The van der Waals surface area contributed by atoms with Crippen LogP contribution in [0.1, 0.15) is 58.9 Å². The molecule has 0 aromatic heterocycles. The van der Waals surface area contributed by atoms with Gasteiger partial charge in [-0.25, -0.2) is 0 Å². The van der Waals surface area contributed by atoms with Crippen LogP contribution >= 0.6 is 11.8 Å². The normalized spacial score (nSPS) is 17.2. The molecule has 1 N–H and O–H groups in total. The molecule has 3 heteroatoms. The first-order valence-corrected chi connectivity index (χ1v) is 9.42. The molecule has 1 aromatic carbocycles. The molecule has 1 aromatic rings. The van der Waals surface area contributed by atoms with Crippen LogP contribution in [0.2, 0.25) is 0 Å². The van der Waals surface area contributed by atoms with Crippen LogP contribution in [0.4, 0.5) is 0 Å². The van der Waals surface area contributed by atoms with E-state index in [9.17, 15) is 9.90 Å². The summed E-state index contributed by atoms with van der Waals surface area (Å²) in [6, 6.07) is 10.5. The maximum atomic E-state index is 11.2. The summed E-state index contributed by atoms with van der Waals surface area (Å²) in [5.74, 6) is -0.704. The van der Waals surface area contributed by atoms with Gasteiger partial charge in [0.25, 0.3) is 0 Å². The van der Waals surface area contributed by atoms with E-state index in [1.807, 2.05) is 31.7 Å². The van der Waals surface area contributed by atoms with Gasteiger partial charge >= 0.3 is 5.97 Å². The number of aliphatic carboxylic acids is 1. The van der Waals surface area contributed by atoms with E-state index in [1.54, 1.807) is 0 Å². The lowest BCUT2D eigenvalue weighted by molar-refractivity contribution is -0.147. The van der Waals surface area contributed by atoms with E-state index in [-0.39, 0.29) is 5.41 Å². The number of carboxylic acid groups (broad SMARTS) is 1. The molecule has 1 aliphatic heterocycles. The zero-order chi connectivity index (χ0) is 17.8. The average molecular weight is 345 g/mol. The van der Waals surface area contributed by atoms with Gasteiger partial charge < -0.3 is 5.11 Å². The lowest BCUT2D eigenvalue weighted by Crippen LogP contribution is -2.23. The van der Waals surface area contributed by atoms with Crippen molar-refractivity contribution in [1.29, 1.82) is 0 Å². The van der Waals surface area contributed by atoms with Gasteiger partial charge in [0.05, 0.1) is 5.41 Å². The fourth-order valence-electron chi connectivity index (χ4n) is 2.84. The number of allylic oxidation sites excluding steroid dienone is 3. The Morgan fingerprint density at radius 3 is 2.42 bits per heavy atom. The Bertz CT molecular complexity index is 639. The first kappa shape index (κ1) is 18.9. The maximum absolute atomic E-state index is 11.2. The largest absolute Gasteiger partial charge is 0.481 e. The number of rotatable bonds is 7. The van der Waals surface area contributed by atoms with Crippen molar-refractivity contribution in [3.8, 4) is 0 Å². The number of thioether (sulfide) groups is 1. The highest BCUT2D eigenvalue weighted by molar-refractivity contribution is 8.11. The van der Waals surface area contributed by atoms with Gasteiger partial charge in [0.15, 0.2) is 0 Å². The second-order valence-electron chi connectivity index (χ2n) is 7.80. The summed E-state index contributed by atoms with van der Waals surface area (Å²) in [5.41, 5.74) is 0.711. The van der Waals surface area contributed by atoms with E-state index in [2.05, 4.69) is 50.3 Å². The second-order valence-corrected chi connectivity index (χ2v) is 8.97. The molecule has 1 heterocycles. The number of unbranched alkanes of at least 4 members (excludes halogenated alkanes) is 1. The zero-order valence-electron chi connectivity index (χ0n) is 15.1. The molecule has 24 heavy (non-hydrogen) atoms. The number of hydrogen-bond acceptors (Lipinski definition) is 2. The number of carbonyl (C=O) groups is 1. The highest BCUT2D eigenvalue weighted by atomic mass is 32.2. The summed E-state index contributed by atoms with van der Waals surface area (Å²) in [5, 5.41) is 9.20. The second kappa shape index (κ2) is 7.60. The van der Waals surface area contributed by atoms with E-state index in [0.29, 0.717) is 0 Å². The van der Waals surface area contributed by atoms with Crippen LogP contribution in [0.25, 0.3) is 4.91 Å². The van der Waals surface area contributed by atoms with Crippen molar-refractivity contribution >= 4 is 22.6 Å². The van der Waals surface area contributed by atoms with Crippen LogP contribution < -0.4 is 0 Å². The molecule has 0 amide bonds. The van der Waals surface area contributed by atoms with Gasteiger partial charge in [-0.2, -0.15) is 0 Å². The Balaban J connectivity index is 1.95. The predicted molar refractivity (Wildman–Crippen MR) is 104 cm³/mol. The van der Waals surface area contributed by atoms with E-state index >= 15 is 0 Å². The van der Waals surface area contributed by atoms with E-state index in [1.165, 1.54) is 15.4 Å². The summed E-state index contributed by atoms with van der Waals surface area (Å²) in [6.07, 6.45) is 8.42. The summed E-state index contributed by atoms with van der Waals surface area (Å²) in [7, 11) is 0. The molecule has 0 spiro atoms. The molecule has 0 saturated carbocycles. The number of hydrogen-bond donors (Lipinski definition) is 1. The van der Waals surface area contributed by atoms with E-state index in [0.717, 1.165) is 25.7 Å². The lowest BCUT2D eigenvalue weighted by atomic mass is 9.87. The smallest absolute Gasteiger partial charge is 0.309 e. The molecular weight excluding hydrogens is 316 g/mol. The Labute approximate surface area is 150 Å². The molecule has 0 unspecified atom stereocenters. The lowest BCUT2D eigenvalue weighted by Gasteiger charge is -2.26. The van der Waals surface area contributed by atoms with Crippen molar-refractivity contribution in [1.82, 2.24) is 0 Å². The summed E-state index contributed by atoms with van der Waals surface area (Å²) in [6.45, 7) is 8.10. The molecule has 130 valence electrons. The van der Waals surface area contributed by atoms with Gasteiger partial charge in [-0.05, 0) is 43.6 Å². The van der Waals surface area contributed by atoms with Crippen molar-refractivity contribution in [2.75, 3.05) is 0 Å². The van der Waals surface area contributed by atoms with E-state index in [4.69, 9.17) is 0 Å². The third-order valence-corrected chi connectivity index (χ3v) is 5.55. The van der Waals surface area contributed by atoms with Crippen molar-refractivity contribution in [3.63, 3.8) is 0 Å². The molecular formula is C21H28O2S. The minimum atomic E-state index is -0.704. The van der Waals surface area contributed by atoms with Crippen LogP contribution in [0, 0.1) is 10.8 Å². The van der Waals surface area contributed by atoms with Gasteiger partial charge in [0.2, 0.25) is 0 Å². The number of benzene rings is 1. The zero-order valence-corrected chi connectivity index (χ0v) is 16.0. The van der Waals surface area contributed by atoms with Gasteiger partial charge in [0, 0.05) is 10.3 Å². The minimum absolute atomic E-state index is 0.0616. The first-order chi connectivity index (χ1) is 11.2. The van der Waals surface area contributed by atoms with Gasteiger partial charge in [-0.3, -0.25) is 4.79 Å². The summed E-state index contributed by atoms with van der Waals surface area (Å²) >= 11 is 1.86. The Morgan fingerprint density at radius 1 is 1.12 bits per heavy atom. The number of carboxylic acids is 1. The van der Waals surface area contributed by atoms with Crippen LogP contribution in [0.15, 0.2) is 47.4 Å². The Hall–Kier alpha value is -1.48. The third-order valence-electron chi connectivity index (χ3n) is 4.39. The van der Waals surface area contributed by atoms with Crippen molar-refractivity contribution in [3.05, 3.63) is 53.0 Å². The predicted octanol–water partition coefficient (Wildman–Crippen LogP) is 6.36. The fourth-order valence-corrected chi connectivity index (χ4v) is 4.34. The molecule has 0 saturated heterocycles.